The molecule has 0 amide bonds. The van der Waals surface area contributed by atoms with Crippen molar-refractivity contribution in [2.45, 2.75) is 51.2 Å². The maximum absolute atomic E-state index is 9.76. The minimum Gasteiger partial charge on any atom is -0.193 e. The fourth-order valence-electron chi connectivity index (χ4n) is 5.11. The van der Waals surface area contributed by atoms with E-state index >= 15 is 0 Å². The maximum Gasteiger partial charge on any atom is 0.0964 e. The van der Waals surface area contributed by atoms with E-state index < -0.39 is 16.1 Å². The molecule has 0 saturated heterocycles. The third kappa shape index (κ3) is 2.01. The van der Waals surface area contributed by atoms with Crippen LogP contribution in [0.25, 0.3) is 0 Å². The summed E-state index contributed by atoms with van der Waals surface area (Å²) < 4.78 is 0. The van der Waals surface area contributed by atoms with Gasteiger partial charge in [0.15, 0.2) is 0 Å². The van der Waals surface area contributed by atoms with Crippen LogP contribution in [0.2, 0.25) is 44.8 Å². The largest absolute Gasteiger partial charge is 0.193 e. The first-order valence-electron chi connectivity index (χ1n) is 8.37. The minimum atomic E-state index is -1.45. The lowest BCUT2D eigenvalue weighted by atomic mass is 9.51. The molecule has 4 rings (SSSR count). The van der Waals surface area contributed by atoms with Gasteiger partial charge in [0.2, 0.25) is 0 Å². The zero-order valence-electron chi connectivity index (χ0n) is 14.6. The van der Waals surface area contributed by atoms with Gasteiger partial charge in [-0.05, 0) is 23.8 Å². The Kier molecular flexibility index (Phi) is 3.37. The van der Waals surface area contributed by atoms with Gasteiger partial charge in [0.05, 0.1) is 31.4 Å². The fourth-order valence-corrected chi connectivity index (χ4v) is 9.63. The van der Waals surface area contributed by atoms with Crippen LogP contribution >= 0.6 is 0 Å². The SMILES string of the molecule is C[Si](C)(C)C1=CC2C(C#N)=C(C#N)C1C1C2CC1[Si](C)(C)C. The molecule has 4 heteroatoms. The van der Waals surface area contributed by atoms with Gasteiger partial charge in [0.25, 0.3) is 0 Å². The fraction of sp³-hybridized carbons (Fsp3) is 0.667. The van der Waals surface area contributed by atoms with E-state index in [0.717, 1.165) is 16.7 Å². The summed E-state index contributed by atoms with van der Waals surface area (Å²) in [4.78, 5) is 0. The highest BCUT2D eigenvalue weighted by atomic mass is 28.3. The quantitative estimate of drug-likeness (QED) is 0.688. The predicted molar refractivity (Wildman–Crippen MR) is 95.4 cm³/mol. The lowest BCUT2D eigenvalue weighted by molar-refractivity contribution is 0.0826. The molecule has 5 unspecified atom stereocenters. The van der Waals surface area contributed by atoms with Crippen molar-refractivity contribution in [2.75, 3.05) is 0 Å². The van der Waals surface area contributed by atoms with Crippen LogP contribution in [0.4, 0.5) is 0 Å². The molecule has 2 nitrogen and oxygen atoms in total. The molecule has 5 atom stereocenters. The number of allylic oxidation sites excluding steroid dienone is 4. The summed E-state index contributed by atoms with van der Waals surface area (Å²) in [7, 11) is -2.66. The summed E-state index contributed by atoms with van der Waals surface area (Å²) in [6, 6.07) is 4.84. The highest BCUT2D eigenvalue weighted by molar-refractivity contribution is 6.83. The van der Waals surface area contributed by atoms with E-state index in [-0.39, 0.29) is 11.8 Å². The number of rotatable bonds is 2. The lowest BCUT2D eigenvalue weighted by Gasteiger charge is -2.62. The summed E-state index contributed by atoms with van der Waals surface area (Å²) in [6.07, 6.45) is 3.69. The Morgan fingerprint density at radius 3 is 2.05 bits per heavy atom. The normalized spacial score (nSPS) is 36.9. The molecule has 0 aromatic rings. The Bertz CT molecular complexity index is 661. The molecule has 0 spiro atoms. The van der Waals surface area contributed by atoms with Crippen molar-refractivity contribution >= 4 is 16.1 Å². The first kappa shape index (κ1) is 15.8. The molecule has 0 N–H and O–H groups in total. The van der Waals surface area contributed by atoms with Gasteiger partial charge in [-0.2, -0.15) is 10.5 Å². The first-order valence-corrected chi connectivity index (χ1v) is 15.5. The molecule has 22 heavy (non-hydrogen) atoms. The molecule has 1 saturated carbocycles. The lowest BCUT2D eigenvalue weighted by Crippen LogP contribution is -2.57. The first-order chi connectivity index (χ1) is 10.1. The van der Waals surface area contributed by atoms with Crippen LogP contribution in [-0.4, -0.2) is 16.1 Å². The van der Waals surface area contributed by atoms with Crippen LogP contribution in [0.1, 0.15) is 6.42 Å². The van der Waals surface area contributed by atoms with E-state index in [0.29, 0.717) is 11.8 Å². The van der Waals surface area contributed by atoms with Crippen molar-refractivity contribution in [3.63, 3.8) is 0 Å². The van der Waals surface area contributed by atoms with E-state index in [4.69, 9.17) is 0 Å². The van der Waals surface area contributed by atoms with Crippen molar-refractivity contribution in [1.82, 2.24) is 0 Å². The van der Waals surface area contributed by atoms with Crippen molar-refractivity contribution in [3.05, 3.63) is 22.4 Å². The number of nitriles is 2. The van der Waals surface area contributed by atoms with Crippen LogP contribution in [0.15, 0.2) is 22.4 Å². The van der Waals surface area contributed by atoms with Gasteiger partial charge in [-0.1, -0.05) is 50.6 Å². The number of nitrogens with zero attached hydrogens (tertiary/aromatic N) is 2. The maximum atomic E-state index is 9.76. The van der Waals surface area contributed by atoms with Gasteiger partial charge in [-0.25, -0.2) is 0 Å². The highest BCUT2D eigenvalue weighted by Crippen LogP contribution is 2.66. The summed E-state index contributed by atoms with van der Waals surface area (Å²) in [6.45, 7) is 14.6. The van der Waals surface area contributed by atoms with Crippen molar-refractivity contribution < 1.29 is 0 Å². The monoisotopic (exact) mass is 326 g/mol. The molecule has 0 aromatic carbocycles. The highest BCUT2D eigenvalue weighted by Gasteiger charge is 2.61. The summed E-state index contributed by atoms with van der Waals surface area (Å²) in [5.74, 6) is 1.79. The second-order valence-corrected chi connectivity index (χ2v) is 19.9. The van der Waals surface area contributed by atoms with Crippen LogP contribution in [0.5, 0.6) is 0 Å². The second-order valence-electron chi connectivity index (χ2n) is 9.38. The number of hydrogen-bond acceptors (Lipinski definition) is 2. The zero-order chi connectivity index (χ0) is 16.4. The van der Waals surface area contributed by atoms with Crippen molar-refractivity contribution in [3.8, 4) is 12.1 Å². The minimum absolute atomic E-state index is 0.240. The Balaban J connectivity index is 2.13. The molecule has 1 fully saturated rings. The summed E-state index contributed by atoms with van der Waals surface area (Å²) in [5.41, 5.74) is 2.44. The standard InChI is InChI=1S/C18H26N2Si2/c1-21(2,3)15-7-11-12-8-16(22(4,5)6)17(12)18(15)14(10-20)13(11)9-19/h7,11-12,16-18H,8H2,1-6H3. The molecule has 0 aliphatic heterocycles. The molecule has 0 aromatic heterocycles. The Labute approximate surface area is 136 Å². The zero-order valence-corrected chi connectivity index (χ0v) is 16.6. The molecule has 4 aliphatic rings. The second kappa shape index (κ2) is 4.69. The third-order valence-electron chi connectivity index (χ3n) is 6.18. The average Bonchev–Trinajstić information content (AvgIpc) is 2.33. The van der Waals surface area contributed by atoms with Gasteiger partial charge in [0, 0.05) is 19.9 Å². The molecule has 0 radical (unpaired) electrons. The Morgan fingerprint density at radius 2 is 1.59 bits per heavy atom. The van der Waals surface area contributed by atoms with Gasteiger partial charge in [-0.3, -0.25) is 0 Å². The molecule has 4 aliphatic carbocycles. The van der Waals surface area contributed by atoms with E-state index in [2.05, 4.69) is 57.5 Å². The summed E-state index contributed by atoms with van der Waals surface area (Å²) in [5, 5.41) is 20.9. The third-order valence-corrected chi connectivity index (χ3v) is 11.2. The Morgan fingerprint density at radius 1 is 1.00 bits per heavy atom. The van der Waals surface area contributed by atoms with Gasteiger partial charge >= 0.3 is 0 Å². The van der Waals surface area contributed by atoms with Crippen LogP contribution in [-0.2, 0) is 0 Å². The molecule has 0 heterocycles. The molecular formula is C18H26N2Si2. The van der Waals surface area contributed by atoms with Crippen LogP contribution in [0, 0.1) is 46.3 Å². The van der Waals surface area contributed by atoms with Crippen LogP contribution < -0.4 is 0 Å². The number of hydrogen-bond donors (Lipinski definition) is 0. The van der Waals surface area contributed by atoms with E-state index in [1.807, 2.05) is 0 Å². The van der Waals surface area contributed by atoms with E-state index in [1.165, 1.54) is 6.42 Å². The topological polar surface area (TPSA) is 47.6 Å². The van der Waals surface area contributed by atoms with Gasteiger partial charge in [0.1, 0.15) is 0 Å². The van der Waals surface area contributed by atoms with Crippen molar-refractivity contribution in [2.24, 2.45) is 23.7 Å². The average molecular weight is 327 g/mol. The predicted octanol–water partition coefficient (Wildman–Crippen LogP) is 4.74. The smallest absolute Gasteiger partial charge is 0.0964 e. The molecular weight excluding hydrogens is 300 g/mol. The molecule has 2 bridgehead atoms. The molecule has 116 valence electrons. The van der Waals surface area contributed by atoms with Gasteiger partial charge < -0.3 is 0 Å². The van der Waals surface area contributed by atoms with E-state index in [9.17, 15) is 10.5 Å². The summed E-state index contributed by atoms with van der Waals surface area (Å²) >= 11 is 0. The Hall–Kier alpha value is -1.11. The van der Waals surface area contributed by atoms with E-state index in [1.54, 1.807) is 5.20 Å². The van der Waals surface area contributed by atoms with Crippen LogP contribution in [0.3, 0.4) is 0 Å². The van der Waals surface area contributed by atoms with Crippen molar-refractivity contribution in [1.29, 1.82) is 10.5 Å². The van der Waals surface area contributed by atoms with Gasteiger partial charge in [-0.15, -0.1) is 0 Å².